The van der Waals surface area contributed by atoms with Gasteiger partial charge in [0.1, 0.15) is 0 Å². The summed E-state index contributed by atoms with van der Waals surface area (Å²) in [5.74, 6) is -0.268. The number of nitrogens with zero attached hydrogens (tertiary/aromatic N) is 2. The van der Waals surface area contributed by atoms with Crippen molar-refractivity contribution in [3.8, 4) is 0 Å². The molecule has 0 aliphatic carbocycles. The minimum atomic E-state index is -3.70. The largest absolute Gasteiger partial charge is 0.348 e. The van der Waals surface area contributed by atoms with Gasteiger partial charge in [0.15, 0.2) is 0 Å². The molecule has 1 aliphatic heterocycles. The van der Waals surface area contributed by atoms with E-state index in [0.29, 0.717) is 17.7 Å². The Kier molecular flexibility index (Phi) is 5.92. The van der Waals surface area contributed by atoms with Crippen LogP contribution in [0, 0.1) is 0 Å². The molecular formula is C17H21N5O3S. The Labute approximate surface area is 152 Å². The Balaban J connectivity index is 1.62. The molecular weight excluding hydrogens is 354 g/mol. The van der Waals surface area contributed by atoms with Crippen LogP contribution in [0.3, 0.4) is 0 Å². The number of nitrogens with one attached hydrogen (secondary N) is 3. The van der Waals surface area contributed by atoms with E-state index in [0.717, 1.165) is 19.5 Å². The highest BCUT2D eigenvalue weighted by atomic mass is 32.2. The number of benzene rings is 1. The average molecular weight is 375 g/mol. The number of aromatic nitrogens is 2. The molecule has 138 valence electrons. The normalized spacial score (nSPS) is 17.2. The molecule has 0 saturated carbocycles. The van der Waals surface area contributed by atoms with Gasteiger partial charge in [-0.3, -0.25) is 14.8 Å². The summed E-state index contributed by atoms with van der Waals surface area (Å²) in [6.45, 7) is 1.80. The van der Waals surface area contributed by atoms with Crippen LogP contribution < -0.4 is 15.4 Å². The minimum Gasteiger partial charge on any atom is -0.348 e. The lowest BCUT2D eigenvalue weighted by Gasteiger charge is -2.12. The topological polar surface area (TPSA) is 113 Å². The Bertz CT molecular complexity index is 852. The van der Waals surface area contributed by atoms with Crippen LogP contribution in [-0.2, 0) is 16.4 Å². The van der Waals surface area contributed by atoms with Crippen LogP contribution in [-0.4, -0.2) is 50.0 Å². The fourth-order valence-corrected chi connectivity index (χ4v) is 3.78. The number of sulfonamides is 1. The first-order chi connectivity index (χ1) is 12.5. The van der Waals surface area contributed by atoms with Gasteiger partial charge in [-0.2, -0.15) is 0 Å². The summed E-state index contributed by atoms with van der Waals surface area (Å²) in [7, 11) is -3.70. The Morgan fingerprint density at radius 3 is 2.92 bits per heavy atom. The smallest absolute Gasteiger partial charge is 0.251 e. The second-order valence-electron chi connectivity index (χ2n) is 6.04. The fourth-order valence-electron chi connectivity index (χ4n) is 2.71. The second kappa shape index (κ2) is 8.35. The average Bonchev–Trinajstić information content (AvgIpc) is 3.15. The molecule has 1 fully saturated rings. The summed E-state index contributed by atoms with van der Waals surface area (Å²) in [5.41, 5.74) is 1.03. The van der Waals surface area contributed by atoms with Gasteiger partial charge in [0.25, 0.3) is 5.91 Å². The molecule has 0 radical (unpaired) electrons. The molecule has 1 aromatic carbocycles. The van der Waals surface area contributed by atoms with Crippen molar-refractivity contribution in [1.29, 1.82) is 0 Å². The zero-order chi connectivity index (χ0) is 18.4. The number of rotatable bonds is 7. The molecule has 0 bridgehead atoms. The highest BCUT2D eigenvalue weighted by Gasteiger charge is 2.19. The van der Waals surface area contributed by atoms with E-state index in [1.807, 2.05) is 0 Å². The number of hydrogen-bond acceptors (Lipinski definition) is 6. The molecule has 2 heterocycles. The van der Waals surface area contributed by atoms with E-state index < -0.39 is 10.0 Å². The van der Waals surface area contributed by atoms with Gasteiger partial charge in [-0.1, -0.05) is 6.07 Å². The molecule has 3 N–H and O–H groups in total. The van der Waals surface area contributed by atoms with Crippen molar-refractivity contribution in [3.05, 3.63) is 54.1 Å². The third kappa shape index (κ3) is 4.84. The lowest BCUT2D eigenvalue weighted by atomic mass is 10.2. The monoisotopic (exact) mass is 375 g/mol. The lowest BCUT2D eigenvalue weighted by molar-refractivity contribution is 0.0940. The standard InChI is InChI=1S/C17H21N5O3S/c23-17(22-15-4-6-18-12-15)13-2-1-3-16(10-13)26(24,25)21-7-5-14-11-19-8-9-20-14/h1-3,8-11,15,18,21H,4-7,12H2,(H,22,23)/t15-/m1/s1. The van der Waals surface area contributed by atoms with Crippen LogP contribution in [0.4, 0.5) is 0 Å². The third-order valence-corrected chi connectivity index (χ3v) is 5.55. The summed E-state index contributed by atoms with van der Waals surface area (Å²) < 4.78 is 27.4. The van der Waals surface area contributed by atoms with E-state index in [1.54, 1.807) is 30.7 Å². The van der Waals surface area contributed by atoms with Crippen LogP contribution >= 0.6 is 0 Å². The molecule has 1 aromatic heterocycles. The second-order valence-corrected chi connectivity index (χ2v) is 7.80. The van der Waals surface area contributed by atoms with Gasteiger partial charge in [-0.15, -0.1) is 0 Å². The molecule has 1 saturated heterocycles. The van der Waals surface area contributed by atoms with Crippen molar-refractivity contribution in [2.45, 2.75) is 23.8 Å². The summed E-state index contributed by atoms with van der Waals surface area (Å²) in [4.78, 5) is 20.4. The highest BCUT2D eigenvalue weighted by molar-refractivity contribution is 7.89. The summed E-state index contributed by atoms with van der Waals surface area (Å²) in [5, 5.41) is 6.08. The zero-order valence-electron chi connectivity index (χ0n) is 14.2. The SMILES string of the molecule is O=C(N[C@@H]1CCNC1)c1cccc(S(=O)(=O)NCCc2cnccn2)c1. The van der Waals surface area contributed by atoms with E-state index in [-0.39, 0.29) is 23.4 Å². The predicted octanol–water partition coefficient (Wildman–Crippen LogP) is 0.0893. The molecule has 3 rings (SSSR count). The molecule has 1 amide bonds. The van der Waals surface area contributed by atoms with Crippen LogP contribution in [0.25, 0.3) is 0 Å². The maximum absolute atomic E-state index is 12.5. The van der Waals surface area contributed by atoms with Crippen molar-refractivity contribution >= 4 is 15.9 Å². The van der Waals surface area contributed by atoms with E-state index in [1.165, 1.54) is 12.1 Å². The van der Waals surface area contributed by atoms with Crippen LogP contribution in [0.1, 0.15) is 22.5 Å². The number of amides is 1. The molecule has 9 heteroatoms. The number of hydrogen-bond donors (Lipinski definition) is 3. The first kappa shape index (κ1) is 18.4. The van der Waals surface area contributed by atoms with E-state index in [4.69, 9.17) is 0 Å². The molecule has 0 unspecified atom stereocenters. The summed E-state index contributed by atoms with van der Waals surface area (Å²) in [6, 6.07) is 6.11. The quantitative estimate of drug-likeness (QED) is 0.632. The van der Waals surface area contributed by atoms with Crippen LogP contribution in [0.2, 0.25) is 0 Å². The summed E-state index contributed by atoms with van der Waals surface area (Å²) >= 11 is 0. The molecule has 1 aliphatic rings. The van der Waals surface area contributed by atoms with Gasteiger partial charge in [0, 0.05) is 49.7 Å². The maximum Gasteiger partial charge on any atom is 0.251 e. The van der Waals surface area contributed by atoms with Crippen molar-refractivity contribution in [3.63, 3.8) is 0 Å². The van der Waals surface area contributed by atoms with Gasteiger partial charge < -0.3 is 10.6 Å². The van der Waals surface area contributed by atoms with Crippen LogP contribution in [0.5, 0.6) is 0 Å². The Morgan fingerprint density at radius 1 is 1.31 bits per heavy atom. The minimum absolute atomic E-state index is 0.0637. The third-order valence-electron chi connectivity index (χ3n) is 4.09. The van der Waals surface area contributed by atoms with Gasteiger partial charge in [0.2, 0.25) is 10.0 Å². The summed E-state index contributed by atoms with van der Waals surface area (Å²) in [6.07, 6.45) is 6.02. The number of carbonyl (C=O) groups excluding carboxylic acids is 1. The fraction of sp³-hybridized carbons (Fsp3) is 0.353. The molecule has 2 aromatic rings. The van der Waals surface area contributed by atoms with Gasteiger partial charge in [0.05, 0.1) is 10.6 Å². The molecule has 26 heavy (non-hydrogen) atoms. The predicted molar refractivity (Wildman–Crippen MR) is 96.1 cm³/mol. The first-order valence-electron chi connectivity index (χ1n) is 8.41. The highest BCUT2D eigenvalue weighted by Crippen LogP contribution is 2.12. The Hall–Kier alpha value is -2.36. The van der Waals surface area contributed by atoms with Gasteiger partial charge in [-0.25, -0.2) is 13.1 Å². The maximum atomic E-state index is 12.5. The van der Waals surface area contributed by atoms with E-state index >= 15 is 0 Å². The first-order valence-corrected chi connectivity index (χ1v) is 9.89. The zero-order valence-corrected chi connectivity index (χ0v) is 15.0. The van der Waals surface area contributed by atoms with Crippen molar-refractivity contribution in [2.75, 3.05) is 19.6 Å². The van der Waals surface area contributed by atoms with Gasteiger partial charge in [-0.05, 0) is 31.2 Å². The number of carbonyl (C=O) groups is 1. The molecule has 1 atom stereocenters. The molecule has 8 nitrogen and oxygen atoms in total. The van der Waals surface area contributed by atoms with Gasteiger partial charge >= 0.3 is 0 Å². The van der Waals surface area contributed by atoms with Crippen molar-refractivity contribution in [2.24, 2.45) is 0 Å². The van der Waals surface area contributed by atoms with Crippen molar-refractivity contribution in [1.82, 2.24) is 25.3 Å². The van der Waals surface area contributed by atoms with E-state index in [2.05, 4.69) is 25.3 Å². The lowest BCUT2D eigenvalue weighted by Crippen LogP contribution is -2.36. The van der Waals surface area contributed by atoms with Crippen molar-refractivity contribution < 1.29 is 13.2 Å². The Morgan fingerprint density at radius 2 is 2.19 bits per heavy atom. The van der Waals surface area contributed by atoms with Crippen LogP contribution in [0.15, 0.2) is 47.8 Å². The van der Waals surface area contributed by atoms with E-state index in [9.17, 15) is 13.2 Å². The molecule has 0 spiro atoms.